The van der Waals surface area contributed by atoms with Gasteiger partial charge in [-0.15, -0.1) is 0 Å². The van der Waals surface area contributed by atoms with Crippen molar-refractivity contribution in [2.45, 2.75) is 19.9 Å². The predicted octanol–water partition coefficient (Wildman–Crippen LogP) is 2.08. The molecule has 3 nitrogen and oxygen atoms in total. The first-order chi connectivity index (χ1) is 10.1. The molecule has 0 aliphatic carbocycles. The van der Waals surface area contributed by atoms with Gasteiger partial charge in [-0.1, -0.05) is 17.9 Å². The first-order valence-corrected chi connectivity index (χ1v) is 6.65. The summed E-state index contributed by atoms with van der Waals surface area (Å²) in [5, 5.41) is 8.68. The fourth-order valence-corrected chi connectivity index (χ4v) is 1.91. The molecule has 2 rings (SSSR count). The van der Waals surface area contributed by atoms with Crippen LogP contribution in [0.1, 0.15) is 23.1 Å². The molecule has 0 saturated carbocycles. The maximum Gasteiger partial charge on any atom is 0.251 e. The molecule has 108 valence electrons. The average molecular weight is 285 g/mol. The highest BCUT2D eigenvalue weighted by Gasteiger charge is 2.03. The van der Waals surface area contributed by atoms with Gasteiger partial charge >= 0.3 is 0 Å². The van der Waals surface area contributed by atoms with Crippen LogP contribution < -0.4 is 5.56 Å². The van der Waals surface area contributed by atoms with Crippen molar-refractivity contribution in [3.63, 3.8) is 0 Å². The van der Waals surface area contributed by atoms with Crippen LogP contribution in [0.2, 0.25) is 0 Å². The summed E-state index contributed by atoms with van der Waals surface area (Å²) in [6.45, 7) is 2.18. The van der Waals surface area contributed by atoms with E-state index in [-0.39, 0.29) is 17.7 Å². The van der Waals surface area contributed by atoms with E-state index in [1.807, 2.05) is 13.0 Å². The van der Waals surface area contributed by atoms with Crippen LogP contribution in [0.4, 0.5) is 4.39 Å². The van der Waals surface area contributed by atoms with E-state index in [1.165, 1.54) is 6.07 Å². The average Bonchev–Trinajstić information content (AvgIpc) is 2.45. The minimum Gasteiger partial charge on any atom is -0.395 e. The summed E-state index contributed by atoms with van der Waals surface area (Å²) in [5.41, 5.74) is 1.90. The molecule has 21 heavy (non-hydrogen) atoms. The molecule has 4 heteroatoms. The molecule has 1 aromatic heterocycles. The second-order valence-corrected chi connectivity index (χ2v) is 4.76. The molecule has 2 aromatic rings. The molecule has 0 bridgehead atoms. The monoisotopic (exact) mass is 285 g/mol. The number of hydrogen-bond donors (Lipinski definition) is 1. The van der Waals surface area contributed by atoms with E-state index >= 15 is 0 Å². The zero-order chi connectivity index (χ0) is 15.2. The first-order valence-electron chi connectivity index (χ1n) is 6.65. The highest BCUT2D eigenvalue weighted by atomic mass is 19.1. The lowest BCUT2D eigenvalue weighted by atomic mass is 10.1. The van der Waals surface area contributed by atoms with E-state index in [2.05, 4.69) is 11.8 Å². The van der Waals surface area contributed by atoms with Crippen LogP contribution in [0.5, 0.6) is 0 Å². The van der Waals surface area contributed by atoms with Crippen molar-refractivity contribution >= 4 is 0 Å². The summed E-state index contributed by atoms with van der Waals surface area (Å²) in [7, 11) is 0. The molecule has 0 amide bonds. The van der Waals surface area contributed by atoms with Gasteiger partial charge in [0, 0.05) is 18.7 Å². The number of halogens is 1. The molecule has 0 spiro atoms. The molecule has 0 fully saturated rings. The third-order valence-electron chi connectivity index (χ3n) is 3.00. The fraction of sp³-hybridized carbons (Fsp3) is 0.235. The Labute approximate surface area is 122 Å². The molecule has 1 aromatic carbocycles. The van der Waals surface area contributed by atoms with E-state index in [0.717, 1.165) is 11.1 Å². The molecule has 0 atom stereocenters. The molecule has 0 unspecified atom stereocenters. The molecule has 0 saturated heterocycles. The van der Waals surface area contributed by atoms with Gasteiger partial charge in [-0.25, -0.2) is 4.39 Å². The van der Waals surface area contributed by atoms with E-state index in [9.17, 15) is 9.18 Å². The van der Waals surface area contributed by atoms with Gasteiger partial charge in [0.2, 0.25) is 0 Å². The summed E-state index contributed by atoms with van der Waals surface area (Å²) >= 11 is 0. The highest BCUT2D eigenvalue weighted by Crippen LogP contribution is 2.10. The van der Waals surface area contributed by atoms with Gasteiger partial charge in [0.05, 0.1) is 18.7 Å². The summed E-state index contributed by atoms with van der Waals surface area (Å²) in [6, 6.07) is 8.03. The van der Waals surface area contributed by atoms with E-state index < -0.39 is 5.82 Å². The quantitative estimate of drug-likeness (QED) is 0.877. The Kier molecular flexibility index (Phi) is 4.91. The number of pyridine rings is 1. The van der Waals surface area contributed by atoms with Crippen molar-refractivity contribution < 1.29 is 9.50 Å². The molecular weight excluding hydrogens is 269 g/mol. The van der Waals surface area contributed by atoms with Crippen LogP contribution in [0, 0.1) is 24.6 Å². The van der Waals surface area contributed by atoms with Crippen LogP contribution in [0.15, 0.2) is 41.3 Å². The molecule has 0 aliphatic heterocycles. The third-order valence-corrected chi connectivity index (χ3v) is 3.00. The minimum atomic E-state index is -0.402. The predicted molar refractivity (Wildman–Crippen MR) is 79.5 cm³/mol. The van der Waals surface area contributed by atoms with Crippen molar-refractivity contribution in [2.75, 3.05) is 6.61 Å². The van der Waals surface area contributed by atoms with Gasteiger partial charge < -0.3 is 9.67 Å². The lowest BCUT2D eigenvalue weighted by Gasteiger charge is -2.07. The van der Waals surface area contributed by atoms with Gasteiger partial charge in [-0.3, -0.25) is 4.79 Å². The number of hydrogen-bond acceptors (Lipinski definition) is 2. The minimum absolute atomic E-state index is 0.0485. The number of nitrogens with zero attached hydrogens (tertiary/aromatic N) is 1. The molecule has 1 N–H and O–H groups in total. The first kappa shape index (κ1) is 15.0. The van der Waals surface area contributed by atoms with Gasteiger partial charge in [0.15, 0.2) is 0 Å². The van der Waals surface area contributed by atoms with Crippen LogP contribution in [-0.4, -0.2) is 16.3 Å². The van der Waals surface area contributed by atoms with Gasteiger partial charge in [0.1, 0.15) is 5.82 Å². The Balaban J connectivity index is 2.27. The molecular formula is C17H16FNO2. The Morgan fingerprint density at radius 2 is 2.10 bits per heavy atom. The smallest absolute Gasteiger partial charge is 0.251 e. The highest BCUT2D eigenvalue weighted by molar-refractivity contribution is 5.38. The lowest BCUT2D eigenvalue weighted by molar-refractivity contribution is 0.305. The topological polar surface area (TPSA) is 42.2 Å². The maximum atomic E-state index is 13.6. The number of aliphatic hydroxyl groups excluding tert-OH is 1. The summed E-state index contributed by atoms with van der Waals surface area (Å²) in [6.07, 6.45) is 2.03. The van der Waals surface area contributed by atoms with Crippen molar-refractivity contribution in [2.24, 2.45) is 0 Å². The zero-order valence-electron chi connectivity index (χ0n) is 11.8. The Bertz CT molecular complexity index is 753. The molecule has 0 aliphatic rings. The van der Waals surface area contributed by atoms with Gasteiger partial charge in [-0.05, 0) is 36.2 Å². The number of benzene rings is 1. The molecule has 1 heterocycles. The van der Waals surface area contributed by atoms with E-state index in [0.29, 0.717) is 13.0 Å². The molecule has 0 radical (unpaired) electrons. The van der Waals surface area contributed by atoms with Gasteiger partial charge in [0.25, 0.3) is 5.56 Å². The van der Waals surface area contributed by atoms with Crippen LogP contribution >= 0.6 is 0 Å². The largest absolute Gasteiger partial charge is 0.395 e. The second-order valence-electron chi connectivity index (χ2n) is 4.76. The standard InChI is InChI=1S/C17H16FNO2/c1-13-7-8-19(17(21)10-13)12-14-5-6-16(18)15(11-14)4-2-3-9-20/h5-8,10-11,20H,3,9,12H2,1H3. The third kappa shape index (κ3) is 4.04. The Morgan fingerprint density at radius 1 is 1.29 bits per heavy atom. The van der Waals surface area contributed by atoms with E-state index in [1.54, 1.807) is 29.0 Å². The maximum absolute atomic E-state index is 13.6. The summed E-state index contributed by atoms with van der Waals surface area (Å²) < 4.78 is 15.2. The van der Waals surface area contributed by atoms with Crippen molar-refractivity contribution in [1.82, 2.24) is 4.57 Å². The Hall–Kier alpha value is -2.38. The van der Waals surface area contributed by atoms with Crippen molar-refractivity contribution in [3.05, 3.63) is 69.4 Å². The fourth-order valence-electron chi connectivity index (χ4n) is 1.91. The SMILES string of the molecule is Cc1ccn(Cc2ccc(F)c(C#CCCO)c2)c(=O)c1. The normalized spacial score (nSPS) is 10.0. The van der Waals surface area contributed by atoms with Crippen molar-refractivity contribution in [3.8, 4) is 11.8 Å². The summed E-state index contributed by atoms with van der Waals surface area (Å²) in [4.78, 5) is 11.8. The van der Waals surface area contributed by atoms with Crippen LogP contribution in [0.25, 0.3) is 0 Å². The number of aryl methyl sites for hydroxylation is 1. The van der Waals surface area contributed by atoms with Crippen molar-refractivity contribution in [1.29, 1.82) is 0 Å². The van der Waals surface area contributed by atoms with Gasteiger partial charge in [-0.2, -0.15) is 0 Å². The lowest BCUT2D eigenvalue weighted by Crippen LogP contribution is -2.19. The van der Waals surface area contributed by atoms with Crippen LogP contribution in [0.3, 0.4) is 0 Å². The number of rotatable bonds is 3. The summed E-state index contributed by atoms with van der Waals surface area (Å²) in [5.74, 6) is 4.98. The van der Waals surface area contributed by atoms with Crippen LogP contribution in [-0.2, 0) is 6.54 Å². The number of aromatic nitrogens is 1. The zero-order valence-corrected chi connectivity index (χ0v) is 11.8. The Morgan fingerprint density at radius 3 is 2.81 bits per heavy atom. The van der Waals surface area contributed by atoms with E-state index in [4.69, 9.17) is 5.11 Å². The number of aliphatic hydroxyl groups is 1. The second kappa shape index (κ2) is 6.87.